The first-order valence-corrected chi connectivity index (χ1v) is 11.5. The molecule has 0 saturated carbocycles. The third kappa shape index (κ3) is 5.20. The van der Waals surface area contributed by atoms with Gasteiger partial charge in [-0.1, -0.05) is 30.3 Å². The van der Waals surface area contributed by atoms with E-state index in [0.29, 0.717) is 56.2 Å². The summed E-state index contributed by atoms with van der Waals surface area (Å²) >= 11 is 0. The second kappa shape index (κ2) is 10.6. The van der Waals surface area contributed by atoms with Gasteiger partial charge in [-0.05, 0) is 24.6 Å². The van der Waals surface area contributed by atoms with Crippen LogP contribution in [0.25, 0.3) is 10.9 Å². The number of aromatic nitrogens is 1. The van der Waals surface area contributed by atoms with Gasteiger partial charge in [0.2, 0.25) is 5.43 Å². The Kier molecular flexibility index (Phi) is 7.30. The van der Waals surface area contributed by atoms with Crippen LogP contribution in [0.5, 0.6) is 0 Å². The van der Waals surface area contributed by atoms with Gasteiger partial charge >= 0.3 is 12.0 Å². The van der Waals surface area contributed by atoms with Gasteiger partial charge in [-0.3, -0.25) is 9.69 Å². The fourth-order valence-electron chi connectivity index (χ4n) is 4.36. The molecule has 2 heterocycles. The summed E-state index contributed by atoms with van der Waals surface area (Å²) < 4.78 is 16.8. The van der Waals surface area contributed by atoms with E-state index in [1.54, 1.807) is 10.6 Å². The lowest BCUT2D eigenvalue weighted by atomic mass is 10.1. The highest BCUT2D eigenvalue weighted by Gasteiger charge is 2.23. The Labute approximate surface area is 206 Å². The normalized spacial score (nSPS) is 14.7. The first-order chi connectivity index (χ1) is 17.3. The number of halogens is 1. The molecule has 0 atom stereocenters. The Hall–Kier alpha value is -4.25. The molecular formula is C25H27FN6O4. The van der Waals surface area contributed by atoms with E-state index in [1.165, 1.54) is 6.20 Å². The summed E-state index contributed by atoms with van der Waals surface area (Å²) in [5.41, 5.74) is 8.75. The van der Waals surface area contributed by atoms with Gasteiger partial charge in [0.1, 0.15) is 11.4 Å². The molecule has 188 valence electrons. The lowest BCUT2D eigenvalue weighted by Crippen LogP contribution is -2.48. The van der Waals surface area contributed by atoms with Crippen LogP contribution in [0.2, 0.25) is 0 Å². The molecule has 1 aliphatic heterocycles. The van der Waals surface area contributed by atoms with E-state index in [0.717, 1.165) is 11.6 Å². The number of aromatic carboxylic acids is 1. The number of primary amides is 1. The number of carbonyl (C=O) groups is 2. The van der Waals surface area contributed by atoms with Crippen molar-refractivity contribution in [1.82, 2.24) is 14.9 Å². The summed E-state index contributed by atoms with van der Waals surface area (Å²) in [5.74, 6) is -1.91. The first kappa shape index (κ1) is 24.9. The summed E-state index contributed by atoms with van der Waals surface area (Å²) in [6, 6.07) is 11.4. The van der Waals surface area contributed by atoms with Crippen LogP contribution in [-0.4, -0.2) is 65.0 Å². The second-order valence-electron chi connectivity index (χ2n) is 8.45. The molecule has 1 aliphatic rings. The number of rotatable bonds is 7. The number of carboxylic acids is 1. The van der Waals surface area contributed by atoms with Crippen LogP contribution in [0, 0.1) is 5.82 Å². The number of pyridine rings is 1. The molecule has 4 rings (SSSR count). The summed E-state index contributed by atoms with van der Waals surface area (Å²) in [6.07, 6.45) is 1.30. The molecule has 3 aromatic rings. The Morgan fingerprint density at radius 2 is 1.83 bits per heavy atom. The van der Waals surface area contributed by atoms with E-state index in [1.807, 2.05) is 42.2 Å². The van der Waals surface area contributed by atoms with Crippen LogP contribution in [0.3, 0.4) is 0 Å². The minimum Gasteiger partial charge on any atom is -0.477 e. The van der Waals surface area contributed by atoms with E-state index in [2.05, 4.69) is 15.4 Å². The fraction of sp³-hybridized carbons (Fsp3) is 0.280. The molecule has 2 aromatic carbocycles. The molecule has 1 fully saturated rings. The molecule has 1 aromatic heterocycles. The summed E-state index contributed by atoms with van der Waals surface area (Å²) in [4.78, 5) is 39.3. The van der Waals surface area contributed by atoms with Crippen LogP contribution in [0.4, 0.5) is 14.9 Å². The quantitative estimate of drug-likeness (QED) is 0.340. The lowest BCUT2D eigenvalue weighted by molar-refractivity contribution is 0.0694. The highest BCUT2D eigenvalue weighted by Crippen LogP contribution is 2.26. The molecule has 0 spiro atoms. The van der Waals surface area contributed by atoms with Gasteiger partial charge in [-0.2, -0.15) is 5.10 Å². The lowest BCUT2D eigenvalue weighted by Gasteiger charge is -2.36. The Bertz CT molecular complexity index is 1380. The van der Waals surface area contributed by atoms with Crippen LogP contribution in [0.1, 0.15) is 22.8 Å². The summed E-state index contributed by atoms with van der Waals surface area (Å²) in [6.45, 7) is 4.99. The van der Waals surface area contributed by atoms with Crippen LogP contribution < -0.4 is 21.5 Å². The number of piperazine rings is 1. The number of nitrogens with two attached hydrogens (primary N) is 1. The average Bonchev–Trinajstić information content (AvgIpc) is 2.87. The van der Waals surface area contributed by atoms with Gasteiger partial charge in [0, 0.05) is 50.9 Å². The zero-order valence-electron chi connectivity index (χ0n) is 19.8. The van der Waals surface area contributed by atoms with Gasteiger partial charge in [-0.25, -0.2) is 19.4 Å². The molecule has 36 heavy (non-hydrogen) atoms. The number of nitrogens with one attached hydrogen (secondary N) is 1. The maximum atomic E-state index is 15.1. The fourth-order valence-corrected chi connectivity index (χ4v) is 4.36. The predicted octanol–water partition coefficient (Wildman–Crippen LogP) is 2.05. The number of carbonyl (C=O) groups excluding carboxylic acids is 1. The maximum absolute atomic E-state index is 15.1. The van der Waals surface area contributed by atoms with Crippen molar-refractivity contribution in [1.29, 1.82) is 0 Å². The number of hydrogen-bond acceptors (Lipinski definition) is 6. The number of amides is 2. The monoisotopic (exact) mass is 494 g/mol. The van der Waals surface area contributed by atoms with Crippen molar-refractivity contribution in [3.63, 3.8) is 0 Å². The number of benzene rings is 2. The summed E-state index contributed by atoms with van der Waals surface area (Å²) in [5, 5.41) is 13.5. The molecule has 11 heteroatoms. The summed E-state index contributed by atoms with van der Waals surface area (Å²) in [7, 11) is 0. The van der Waals surface area contributed by atoms with Gasteiger partial charge in [0.05, 0.1) is 16.9 Å². The minimum atomic E-state index is -1.34. The van der Waals surface area contributed by atoms with Gasteiger partial charge < -0.3 is 20.3 Å². The number of fused-ring (bicyclic) bond motifs is 1. The SMILES string of the molecule is CCn1cc(C(=O)O)c(=O)c2cc(F)c(N3CCN(C/C(=N/NC(N)=O)c4ccccc4)CC3)cc21. The molecule has 0 unspecified atom stereocenters. The van der Waals surface area contributed by atoms with Crippen molar-refractivity contribution >= 4 is 34.3 Å². The van der Waals surface area contributed by atoms with Crippen LogP contribution in [0.15, 0.2) is 58.6 Å². The van der Waals surface area contributed by atoms with Crippen molar-refractivity contribution < 1.29 is 19.1 Å². The van der Waals surface area contributed by atoms with Crippen LogP contribution >= 0.6 is 0 Å². The second-order valence-corrected chi connectivity index (χ2v) is 8.45. The predicted molar refractivity (Wildman–Crippen MR) is 135 cm³/mol. The molecule has 0 radical (unpaired) electrons. The standard InChI is InChI=1S/C25H27FN6O4/c1-2-31-14-18(24(34)35)23(33)17-12-19(26)22(13-21(17)31)32-10-8-30(9-11-32)15-20(28-29-25(27)36)16-6-4-3-5-7-16/h3-7,12-14H,2,8-11,15H2,1H3,(H,34,35)(H3,27,29,36)/b28-20-. The average molecular weight is 495 g/mol. The van der Waals surface area contributed by atoms with Crippen molar-refractivity contribution in [3.05, 3.63) is 75.8 Å². The number of anilines is 1. The Morgan fingerprint density at radius 1 is 1.14 bits per heavy atom. The molecule has 4 N–H and O–H groups in total. The first-order valence-electron chi connectivity index (χ1n) is 11.5. The zero-order chi connectivity index (χ0) is 25.8. The topological polar surface area (TPSA) is 133 Å². The van der Waals surface area contributed by atoms with E-state index in [4.69, 9.17) is 5.73 Å². The molecule has 10 nitrogen and oxygen atoms in total. The molecule has 0 aliphatic carbocycles. The van der Waals surface area contributed by atoms with Gasteiger partial charge in [0.25, 0.3) is 0 Å². The smallest absolute Gasteiger partial charge is 0.341 e. The van der Waals surface area contributed by atoms with E-state index >= 15 is 4.39 Å². The molecule has 2 amide bonds. The molecule has 1 saturated heterocycles. The highest BCUT2D eigenvalue weighted by atomic mass is 19.1. The van der Waals surface area contributed by atoms with Gasteiger partial charge in [0.15, 0.2) is 0 Å². The third-order valence-electron chi connectivity index (χ3n) is 6.21. The maximum Gasteiger partial charge on any atom is 0.341 e. The molecule has 0 bridgehead atoms. The third-order valence-corrected chi connectivity index (χ3v) is 6.21. The number of hydrogen-bond donors (Lipinski definition) is 3. The largest absolute Gasteiger partial charge is 0.477 e. The zero-order valence-corrected chi connectivity index (χ0v) is 19.8. The number of nitrogens with zero attached hydrogens (tertiary/aromatic N) is 4. The van der Waals surface area contributed by atoms with E-state index in [-0.39, 0.29) is 10.9 Å². The van der Waals surface area contributed by atoms with E-state index in [9.17, 15) is 19.5 Å². The number of hydrazone groups is 1. The Morgan fingerprint density at radius 3 is 2.44 bits per heavy atom. The minimum absolute atomic E-state index is 0.0438. The van der Waals surface area contributed by atoms with Crippen molar-refractivity contribution in [2.45, 2.75) is 13.5 Å². The van der Waals surface area contributed by atoms with Crippen molar-refractivity contribution in [3.8, 4) is 0 Å². The Balaban J connectivity index is 1.55. The number of urea groups is 1. The van der Waals surface area contributed by atoms with Gasteiger partial charge in [-0.15, -0.1) is 0 Å². The number of aryl methyl sites for hydroxylation is 1. The highest BCUT2D eigenvalue weighted by molar-refractivity contribution is 6.02. The van der Waals surface area contributed by atoms with Crippen molar-refractivity contribution in [2.75, 3.05) is 37.6 Å². The number of carboxylic acid groups (broad SMARTS) is 1. The van der Waals surface area contributed by atoms with Crippen molar-refractivity contribution in [2.24, 2.45) is 10.8 Å². The molecular weight excluding hydrogens is 467 g/mol. The van der Waals surface area contributed by atoms with E-state index < -0.39 is 23.2 Å². The van der Waals surface area contributed by atoms with Crippen LogP contribution in [-0.2, 0) is 6.54 Å².